The molecule has 0 bridgehead atoms. The first kappa shape index (κ1) is 34.8. The molecule has 0 N–H and O–H groups in total. The molecule has 2 aliphatic rings. The Morgan fingerprint density at radius 3 is 1.61 bits per heavy atom. The van der Waals surface area contributed by atoms with Crippen molar-refractivity contribution in [3.05, 3.63) is 223 Å². The molecule has 9 aromatic rings. The van der Waals surface area contributed by atoms with Crippen LogP contribution in [0.3, 0.4) is 0 Å². The second kappa shape index (κ2) is 13.9. The third-order valence-electron chi connectivity index (χ3n) is 12.3. The van der Waals surface area contributed by atoms with Crippen LogP contribution in [0, 0.1) is 0 Å². The van der Waals surface area contributed by atoms with Crippen molar-refractivity contribution >= 4 is 17.1 Å². The van der Waals surface area contributed by atoms with E-state index in [4.69, 9.17) is 4.74 Å². The molecule has 2 nitrogen and oxygen atoms in total. The van der Waals surface area contributed by atoms with Crippen molar-refractivity contribution < 1.29 is 4.74 Å². The highest BCUT2D eigenvalue weighted by atomic mass is 16.5. The van der Waals surface area contributed by atoms with Crippen LogP contribution in [0.2, 0.25) is 0 Å². The van der Waals surface area contributed by atoms with Crippen LogP contribution >= 0.6 is 0 Å². The third kappa shape index (κ3) is 5.87. The van der Waals surface area contributed by atoms with Crippen LogP contribution < -0.4 is 9.64 Å². The van der Waals surface area contributed by atoms with E-state index in [9.17, 15) is 0 Å². The lowest BCUT2D eigenvalue weighted by molar-refractivity contribution is 0.488. The van der Waals surface area contributed by atoms with E-state index in [-0.39, 0.29) is 5.41 Å². The Bertz CT molecular complexity index is 3020. The fourth-order valence-electron chi connectivity index (χ4n) is 9.34. The summed E-state index contributed by atoms with van der Waals surface area (Å²) in [6.45, 7) is 4.70. The molecule has 1 aliphatic carbocycles. The van der Waals surface area contributed by atoms with Gasteiger partial charge in [-0.2, -0.15) is 0 Å². The van der Waals surface area contributed by atoms with Crippen molar-refractivity contribution in [3.8, 4) is 78.3 Å². The first-order valence-electron chi connectivity index (χ1n) is 20.4. The largest absolute Gasteiger partial charge is 0.456 e. The number of nitrogens with zero attached hydrogens (tertiary/aromatic N) is 1. The van der Waals surface area contributed by atoms with Crippen molar-refractivity contribution in [1.82, 2.24) is 0 Å². The Morgan fingerprint density at radius 1 is 0.322 bits per heavy atom. The lowest BCUT2D eigenvalue weighted by Gasteiger charge is -2.29. The highest BCUT2D eigenvalue weighted by Crippen LogP contribution is 2.54. The Hall–Kier alpha value is -7.42. The normalized spacial score (nSPS) is 12.8. The molecule has 11 rings (SSSR count). The number of ether oxygens (including phenoxy) is 1. The van der Waals surface area contributed by atoms with Gasteiger partial charge in [-0.05, 0) is 121 Å². The fourth-order valence-corrected chi connectivity index (χ4v) is 9.34. The van der Waals surface area contributed by atoms with E-state index >= 15 is 0 Å². The van der Waals surface area contributed by atoms with Gasteiger partial charge in [0.2, 0.25) is 0 Å². The average Bonchev–Trinajstić information content (AvgIpc) is 3.43. The van der Waals surface area contributed by atoms with Gasteiger partial charge < -0.3 is 9.64 Å². The molecule has 0 atom stereocenters. The lowest BCUT2D eigenvalue weighted by atomic mass is 9.82. The van der Waals surface area contributed by atoms with Crippen LogP contribution in [0.15, 0.2) is 212 Å². The van der Waals surface area contributed by atoms with Crippen molar-refractivity contribution in [1.29, 1.82) is 0 Å². The number of rotatable bonds is 6. The van der Waals surface area contributed by atoms with Crippen LogP contribution in [-0.4, -0.2) is 0 Å². The molecule has 0 amide bonds. The highest BCUT2D eigenvalue weighted by molar-refractivity contribution is 6.00. The van der Waals surface area contributed by atoms with Crippen LogP contribution in [-0.2, 0) is 5.41 Å². The fraction of sp³-hybridized carbons (Fsp3) is 0.0526. The molecular formula is C57H41NO. The average molecular weight is 756 g/mol. The van der Waals surface area contributed by atoms with E-state index in [1.54, 1.807) is 0 Å². The Morgan fingerprint density at radius 2 is 0.864 bits per heavy atom. The zero-order valence-electron chi connectivity index (χ0n) is 33.1. The van der Waals surface area contributed by atoms with E-state index in [2.05, 4.69) is 231 Å². The summed E-state index contributed by atoms with van der Waals surface area (Å²) < 4.78 is 7.01. The SMILES string of the molecule is CC1(C)c2ccccc2-c2ccc(N(c3ccc(-c4ccccc4)cc3)c3ccc4c(c3)-c3ccc(-c5ccccc5)cc3-c3c(cccc3-c3ccccc3)O4)cc21. The minimum Gasteiger partial charge on any atom is -0.456 e. The van der Waals surface area contributed by atoms with Crippen LogP contribution in [0.1, 0.15) is 25.0 Å². The molecule has 0 spiro atoms. The molecule has 1 aliphatic heterocycles. The monoisotopic (exact) mass is 755 g/mol. The summed E-state index contributed by atoms with van der Waals surface area (Å²) in [6.07, 6.45) is 0. The zero-order chi connectivity index (χ0) is 39.5. The number of hydrogen-bond donors (Lipinski definition) is 0. The quantitative estimate of drug-likeness (QED) is 0.168. The van der Waals surface area contributed by atoms with Gasteiger partial charge in [-0.1, -0.05) is 172 Å². The summed E-state index contributed by atoms with van der Waals surface area (Å²) in [5, 5.41) is 0. The molecule has 59 heavy (non-hydrogen) atoms. The van der Waals surface area contributed by atoms with E-state index in [1.807, 2.05) is 0 Å². The Labute approximate surface area is 346 Å². The second-order valence-corrected chi connectivity index (χ2v) is 16.1. The summed E-state index contributed by atoms with van der Waals surface area (Å²) in [5.74, 6) is 1.68. The maximum atomic E-state index is 7.01. The predicted molar refractivity (Wildman–Crippen MR) is 246 cm³/mol. The van der Waals surface area contributed by atoms with Gasteiger partial charge in [0.25, 0.3) is 0 Å². The van der Waals surface area contributed by atoms with Gasteiger partial charge in [0.1, 0.15) is 11.5 Å². The number of benzene rings is 9. The third-order valence-corrected chi connectivity index (χ3v) is 12.3. The molecule has 9 aromatic carbocycles. The zero-order valence-corrected chi connectivity index (χ0v) is 33.1. The minimum atomic E-state index is -0.135. The van der Waals surface area contributed by atoms with Gasteiger partial charge in [0, 0.05) is 33.6 Å². The predicted octanol–water partition coefficient (Wildman–Crippen LogP) is 15.9. The maximum Gasteiger partial charge on any atom is 0.135 e. The van der Waals surface area contributed by atoms with Gasteiger partial charge in [0.15, 0.2) is 0 Å². The molecule has 0 saturated carbocycles. The molecule has 1 heterocycles. The van der Waals surface area contributed by atoms with Gasteiger partial charge in [-0.3, -0.25) is 0 Å². The molecule has 0 saturated heterocycles. The van der Waals surface area contributed by atoms with Gasteiger partial charge >= 0.3 is 0 Å². The Balaban J connectivity index is 1.11. The summed E-state index contributed by atoms with van der Waals surface area (Å²) in [5.41, 5.74) is 19.9. The number of fused-ring (bicyclic) bond motifs is 8. The van der Waals surface area contributed by atoms with E-state index < -0.39 is 0 Å². The summed E-state index contributed by atoms with van der Waals surface area (Å²) >= 11 is 0. The lowest BCUT2D eigenvalue weighted by Crippen LogP contribution is -2.16. The minimum absolute atomic E-state index is 0.135. The van der Waals surface area contributed by atoms with Gasteiger partial charge in [-0.25, -0.2) is 0 Å². The topological polar surface area (TPSA) is 12.5 Å². The number of hydrogen-bond acceptors (Lipinski definition) is 2. The van der Waals surface area contributed by atoms with Crippen LogP contribution in [0.5, 0.6) is 11.5 Å². The first-order chi connectivity index (χ1) is 29.0. The molecule has 0 radical (unpaired) electrons. The molecular weight excluding hydrogens is 715 g/mol. The standard InChI is InChI=1S/C57H41NO/c1-57(2)52-23-13-12-21-48(52)49-33-30-45(37-53(49)57)58(43-28-25-40(26-29-43)38-15-6-3-7-16-38)44-31-34-54-50(36-44)47-32-27-42(39-17-8-4-9-18-39)35-51(47)56-46(22-14-24-55(56)59-54)41-19-10-5-11-20-41/h3-37H,1-2H3. The van der Waals surface area contributed by atoms with E-state index in [1.165, 1.54) is 44.5 Å². The summed E-state index contributed by atoms with van der Waals surface area (Å²) in [6, 6.07) is 76.7. The maximum absolute atomic E-state index is 7.01. The van der Waals surface area contributed by atoms with Crippen molar-refractivity contribution in [2.45, 2.75) is 19.3 Å². The summed E-state index contributed by atoms with van der Waals surface area (Å²) in [7, 11) is 0. The van der Waals surface area contributed by atoms with Crippen molar-refractivity contribution in [2.24, 2.45) is 0 Å². The Kier molecular flexibility index (Phi) is 8.20. The van der Waals surface area contributed by atoms with E-state index in [0.717, 1.165) is 61.9 Å². The number of anilines is 3. The molecule has 0 unspecified atom stereocenters. The highest BCUT2D eigenvalue weighted by Gasteiger charge is 2.36. The van der Waals surface area contributed by atoms with Gasteiger partial charge in [0.05, 0.1) is 0 Å². The van der Waals surface area contributed by atoms with Crippen molar-refractivity contribution in [3.63, 3.8) is 0 Å². The molecule has 0 aromatic heterocycles. The smallest absolute Gasteiger partial charge is 0.135 e. The van der Waals surface area contributed by atoms with Gasteiger partial charge in [-0.15, -0.1) is 0 Å². The first-order valence-corrected chi connectivity index (χ1v) is 20.4. The molecule has 2 heteroatoms. The molecule has 0 fully saturated rings. The summed E-state index contributed by atoms with van der Waals surface area (Å²) in [4.78, 5) is 2.40. The van der Waals surface area contributed by atoms with Crippen LogP contribution in [0.4, 0.5) is 17.1 Å². The van der Waals surface area contributed by atoms with Crippen LogP contribution in [0.25, 0.3) is 66.8 Å². The van der Waals surface area contributed by atoms with Crippen molar-refractivity contribution in [2.75, 3.05) is 4.90 Å². The second-order valence-electron chi connectivity index (χ2n) is 16.1. The van der Waals surface area contributed by atoms with E-state index in [0.29, 0.717) is 0 Å². The molecule has 280 valence electrons.